The molecule has 160 valence electrons. The van der Waals surface area contributed by atoms with Crippen LogP contribution in [0.4, 0.5) is 19.0 Å². The Bertz CT molecular complexity index is 1090. The van der Waals surface area contributed by atoms with Crippen molar-refractivity contribution in [2.45, 2.75) is 13.1 Å². The molecule has 0 saturated heterocycles. The van der Waals surface area contributed by atoms with Crippen LogP contribution in [0.1, 0.15) is 28.7 Å². The second-order valence-electron chi connectivity index (χ2n) is 6.35. The number of nitrogens with zero attached hydrogens (tertiary/aromatic N) is 5. The number of anilines is 1. The topological polar surface area (TPSA) is 108 Å². The average molecular weight is 430 g/mol. The van der Waals surface area contributed by atoms with E-state index < -0.39 is 18.0 Å². The van der Waals surface area contributed by atoms with Gasteiger partial charge in [0.1, 0.15) is 11.9 Å². The van der Waals surface area contributed by atoms with Gasteiger partial charge in [-0.2, -0.15) is 23.4 Å². The van der Waals surface area contributed by atoms with E-state index in [1.54, 1.807) is 12.1 Å². The third-order valence-corrected chi connectivity index (χ3v) is 4.30. The molecule has 3 aromatic rings. The van der Waals surface area contributed by atoms with E-state index in [2.05, 4.69) is 25.0 Å². The number of halogens is 3. The van der Waals surface area contributed by atoms with Crippen molar-refractivity contribution in [1.29, 1.82) is 5.26 Å². The Balaban J connectivity index is 1.62. The first-order valence-electron chi connectivity index (χ1n) is 9.22. The number of likely N-dealkylation sites (N-methyl/N-ethyl adjacent to an activating group) is 1. The Kier molecular flexibility index (Phi) is 6.49. The highest BCUT2D eigenvalue weighted by molar-refractivity contribution is 5.95. The predicted octanol–water partition coefficient (Wildman–Crippen LogP) is 3.28. The number of aromatic nitrogens is 3. The molecule has 0 radical (unpaired) electrons. The van der Waals surface area contributed by atoms with Crippen molar-refractivity contribution in [3.05, 3.63) is 59.6 Å². The monoisotopic (exact) mass is 430 g/mol. The van der Waals surface area contributed by atoms with Gasteiger partial charge in [0, 0.05) is 37.0 Å². The number of benzene rings is 1. The van der Waals surface area contributed by atoms with E-state index >= 15 is 0 Å². The Morgan fingerprint density at radius 2 is 2.10 bits per heavy atom. The van der Waals surface area contributed by atoms with E-state index in [0.29, 0.717) is 31.0 Å². The number of hydrogen-bond acceptors (Lipinski definition) is 7. The lowest BCUT2D eigenvalue weighted by Crippen LogP contribution is -2.35. The molecule has 3 rings (SSSR count). The van der Waals surface area contributed by atoms with Crippen LogP contribution in [0.5, 0.6) is 0 Å². The number of nitrogens with one attached hydrogen (secondary N) is 1. The summed E-state index contributed by atoms with van der Waals surface area (Å²) in [6.07, 6.45) is -3.26. The molecule has 11 heteroatoms. The summed E-state index contributed by atoms with van der Waals surface area (Å²) in [6, 6.07) is 11.3. The molecule has 1 N–H and O–H groups in total. The lowest BCUT2D eigenvalue weighted by atomic mass is 10.1. The van der Waals surface area contributed by atoms with E-state index in [-0.39, 0.29) is 17.0 Å². The minimum absolute atomic E-state index is 0.226. The molecule has 0 unspecified atom stereocenters. The highest BCUT2D eigenvalue weighted by Crippen LogP contribution is 2.29. The van der Waals surface area contributed by atoms with Gasteiger partial charge in [-0.05, 0) is 31.2 Å². The molecule has 2 aromatic heterocycles. The SMILES string of the molecule is CCN(CCNC(=O)c1cccc(-c2noc(C(F)(F)F)n2)c1)c1ccc(C#N)cn1. The molecule has 8 nitrogen and oxygen atoms in total. The minimum atomic E-state index is -4.74. The quantitative estimate of drug-likeness (QED) is 0.613. The van der Waals surface area contributed by atoms with E-state index in [1.165, 1.54) is 30.5 Å². The van der Waals surface area contributed by atoms with Crippen molar-refractivity contribution in [3.63, 3.8) is 0 Å². The number of hydrogen-bond donors (Lipinski definition) is 1. The van der Waals surface area contributed by atoms with Gasteiger partial charge in [-0.25, -0.2) is 4.98 Å². The molecule has 2 heterocycles. The van der Waals surface area contributed by atoms with Crippen LogP contribution in [0, 0.1) is 11.3 Å². The number of rotatable bonds is 7. The number of carbonyl (C=O) groups excluding carboxylic acids is 1. The largest absolute Gasteiger partial charge is 0.471 e. The average Bonchev–Trinajstić information content (AvgIpc) is 3.28. The molecule has 1 aromatic carbocycles. The van der Waals surface area contributed by atoms with Crippen molar-refractivity contribution in [2.24, 2.45) is 0 Å². The summed E-state index contributed by atoms with van der Waals surface area (Å²) in [5.41, 5.74) is 0.927. The van der Waals surface area contributed by atoms with Crippen molar-refractivity contribution in [3.8, 4) is 17.5 Å². The highest BCUT2D eigenvalue weighted by atomic mass is 19.4. The van der Waals surface area contributed by atoms with Gasteiger partial charge >= 0.3 is 12.1 Å². The second kappa shape index (κ2) is 9.25. The molecule has 31 heavy (non-hydrogen) atoms. The van der Waals surface area contributed by atoms with Crippen LogP contribution in [0.3, 0.4) is 0 Å². The van der Waals surface area contributed by atoms with Gasteiger partial charge in [-0.15, -0.1) is 0 Å². The first kappa shape index (κ1) is 21.8. The van der Waals surface area contributed by atoms with Gasteiger partial charge in [0.2, 0.25) is 5.82 Å². The minimum Gasteiger partial charge on any atom is -0.355 e. The van der Waals surface area contributed by atoms with Crippen LogP contribution in [-0.2, 0) is 6.18 Å². The number of nitriles is 1. The molecule has 0 aliphatic rings. The summed E-state index contributed by atoms with van der Waals surface area (Å²) in [7, 11) is 0. The van der Waals surface area contributed by atoms with Crippen molar-refractivity contribution >= 4 is 11.7 Å². The fourth-order valence-corrected chi connectivity index (χ4v) is 2.74. The molecular weight excluding hydrogens is 413 g/mol. The maximum Gasteiger partial charge on any atom is 0.471 e. The molecule has 0 aliphatic carbocycles. The molecule has 0 saturated carbocycles. The summed E-state index contributed by atoms with van der Waals surface area (Å²) in [5, 5.41) is 14.9. The lowest BCUT2D eigenvalue weighted by Gasteiger charge is -2.22. The molecule has 0 fully saturated rings. The van der Waals surface area contributed by atoms with Crippen LogP contribution >= 0.6 is 0 Å². The molecular formula is C20H17F3N6O2. The zero-order chi connectivity index (χ0) is 22.4. The first-order valence-corrected chi connectivity index (χ1v) is 9.22. The first-order chi connectivity index (χ1) is 14.8. The van der Waals surface area contributed by atoms with Gasteiger partial charge < -0.3 is 14.7 Å². The zero-order valence-corrected chi connectivity index (χ0v) is 16.3. The third kappa shape index (κ3) is 5.36. The van der Waals surface area contributed by atoms with Gasteiger partial charge in [0.05, 0.1) is 5.56 Å². The molecule has 0 aliphatic heterocycles. The summed E-state index contributed by atoms with van der Waals surface area (Å²) in [6.45, 7) is 3.36. The highest BCUT2D eigenvalue weighted by Gasteiger charge is 2.38. The van der Waals surface area contributed by atoms with Crippen LogP contribution in [-0.4, -0.2) is 40.7 Å². The molecule has 0 atom stereocenters. The number of alkyl halides is 3. The number of pyridine rings is 1. The van der Waals surface area contributed by atoms with Crippen LogP contribution in [0.25, 0.3) is 11.4 Å². The van der Waals surface area contributed by atoms with Crippen LogP contribution < -0.4 is 10.2 Å². The smallest absolute Gasteiger partial charge is 0.355 e. The van der Waals surface area contributed by atoms with E-state index in [4.69, 9.17) is 5.26 Å². The van der Waals surface area contributed by atoms with Crippen LogP contribution in [0.15, 0.2) is 47.1 Å². The van der Waals surface area contributed by atoms with Gasteiger partial charge in [-0.1, -0.05) is 17.3 Å². The molecule has 0 bridgehead atoms. The van der Waals surface area contributed by atoms with E-state index in [9.17, 15) is 18.0 Å². The number of carbonyl (C=O) groups is 1. The third-order valence-electron chi connectivity index (χ3n) is 4.30. The van der Waals surface area contributed by atoms with Crippen molar-refractivity contribution in [1.82, 2.24) is 20.4 Å². The number of amides is 1. The fraction of sp³-hybridized carbons (Fsp3) is 0.250. The van der Waals surface area contributed by atoms with Gasteiger partial charge in [0.25, 0.3) is 5.91 Å². The van der Waals surface area contributed by atoms with Gasteiger partial charge in [-0.3, -0.25) is 4.79 Å². The molecule has 1 amide bonds. The Morgan fingerprint density at radius 3 is 2.71 bits per heavy atom. The van der Waals surface area contributed by atoms with Crippen LogP contribution in [0.2, 0.25) is 0 Å². The maximum absolute atomic E-state index is 12.6. The second-order valence-corrected chi connectivity index (χ2v) is 6.35. The normalized spacial score (nSPS) is 11.1. The van der Waals surface area contributed by atoms with Crippen molar-refractivity contribution in [2.75, 3.05) is 24.5 Å². The fourth-order valence-electron chi connectivity index (χ4n) is 2.74. The summed E-state index contributed by atoms with van der Waals surface area (Å²) in [5.74, 6) is -1.43. The van der Waals surface area contributed by atoms with E-state index in [1.807, 2.05) is 17.9 Å². The van der Waals surface area contributed by atoms with Crippen molar-refractivity contribution < 1.29 is 22.5 Å². The maximum atomic E-state index is 12.6. The summed E-state index contributed by atoms with van der Waals surface area (Å²) >= 11 is 0. The lowest BCUT2D eigenvalue weighted by molar-refractivity contribution is -0.159. The predicted molar refractivity (Wildman–Crippen MR) is 104 cm³/mol. The molecule has 0 spiro atoms. The van der Waals surface area contributed by atoms with E-state index in [0.717, 1.165) is 0 Å². The zero-order valence-electron chi connectivity index (χ0n) is 16.3. The summed E-state index contributed by atoms with van der Waals surface area (Å²) < 4.78 is 42.1. The standard InChI is InChI=1S/C20H17F3N6O2/c1-2-29(16-7-6-13(11-24)12-26-16)9-8-25-18(30)15-5-3-4-14(10-15)17-27-19(31-28-17)20(21,22)23/h3-7,10,12H,2,8-9H2,1H3,(H,25,30). The Labute approximate surface area is 175 Å². The van der Waals surface area contributed by atoms with Gasteiger partial charge in [0.15, 0.2) is 0 Å². The Morgan fingerprint density at radius 1 is 1.29 bits per heavy atom. The Hall–Kier alpha value is -3.94. The summed E-state index contributed by atoms with van der Waals surface area (Å²) in [4.78, 5) is 21.9.